The number of esters is 1. The molecule has 0 bridgehead atoms. The summed E-state index contributed by atoms with van der Waals surface area (Å²) >= 11 is 0. The fourth-order valence-corrected chi connectivity index (χ4v) is 1.55. The molecule has 0 saturated heterocycles. The first-order chi connectivity index (χ1) is 9.03. The Bertz CT molecular complexity index is 548. The summed E-state index contributed by atoms with van der Waals surface area (Å²) in [5.74, 6) is -0.431. The molecule has 7 nitrogen and oxygen atoms in total. The molecule has 0 heterocycles. The van der Waals surface area contributed by atoms with Crippen molar-refractivity contribution in [1.29, 1.82) is 5.26 Å². The van der Waals surface area contributed by atoms with Crippen LogP contribution in [0.4, 0.5) is 5.69 Å². The first-order valence-corrected chi connectivity index (χ1v) is 5.44. The number of ether oxygens (including phenoxy) is 2. The van der Waals surface area contributed by atoms with Gasteiger partial charge >= 0.3 is 5.97 Å². The zero-order valence-corrected chi connectivity index (χ0v) is 10.5. The standard InChI is InChI=1S/C12H12N2O5/c1-3-19-12(15)6-8-4-10(14(16)17)9(7-13)11(5-8)18-2/h4-5H,3,6H2,1-2H3. The number of nitriles is 1. The van der Waals surface area contributed by atoms with Crippen LogP contribution in [-0.2, 0) is 16.0 Å². The number of nitrogens with zero attached hydrogens (tertiary/aromatic N) is 2. The van der Waals surface area contributed by atoms with Gasteiger partial charge in [0.05, 0.1) is 25.1 Å². The molecule has 0 fully saturated rings. The second-order valence-electron chi connectivity index (χ2n) is 3.54. The summed E-state index contributed by atoms with van der Waals surface area (Å²) in [6.07, 6.45) is -0.114. The average molecular weight is 264 g/mol. The van der Waals surface area contributed by atoms with Crippen molar-refractivity contribution in [2.75, 3.05) is 13.7 Å². The minimum Gasteiger partial charge on any atom is -0.495 e. The fourth-order valence-electron chi connectivity index (χ4n) is 1.55. The van der Waals surface area contributed by atoms with Gasteiger partial charge in [0.2, 0.25) is 0 Å². The van der Waals surface area contributed by atoms with E-state index >= 15 is 0 Å². The van der Waals surface area contributed by atoms with E-state index in [2.05, 4.69) is 0 Å². The lowest BCUT2D eigenvalue weighted by Crippen LogP contribution is -2.08. The number of nitro benzene ring substituents is 1. The largest absolute Gasteiger partial charge is 0.495 e. The highest BCUT2D eigenvalue weighted by molar-refractivity contribution is 5.74. The van der Waals surface area contributed by atoms with Gasteiger partial charge in [-0.1, -0.05) is 0 Å². The van der Waals surface area contributed by atoms with Gasteiger partial charge in [-0.05, 0) is 18.6 Å². The molecule has 0 radical (unpaired) electrons. The summed E-state index contributed by atoms with van der Waals surface area (Å²) in [5, 5.41) is 19.8. The molecule has 0 spiro atoms. The maximum atomic E-state index is 11.3. The number of methoxy groups -OCH3 is 1. The van der Waals surface area contributed by atoms with Gasteiger partial charge in [0.25, 0.3) is 5.69 Å². The molecule has 0 aliphatic rings. The molecule has 0 aliphatic carbocycles. The molecule has 0 aliphatic heterocycles. The molecule has 0 N–H and O–H groups in total. The summed E-state index contributed by atoms with van der Waals surface area (Å²) in [6, 6.07) is 4.32. The van der Waals surface area contributed by atoms with Gasteiger partial charge in [-0.2, -0.15) is 5.26 Å². The number of carbonyl (C=O) groups excluding carboxylic acids is 1. The van der Waals surface area contributed by atoms with E-state index in [4.69, 9.17) is 14.7 Å². The molecular weight excluding hydrogens is 252 g/mol. The Balaban J connectivity index is 3.22. The smallest absolute Gasteiger partial charge is 0.310 e. The first-order valence-electron chi connectivity index (χ1n) is 5.44. The van der Waals surface area contributed by atoms with Crippen LogP contribution in [0, 0.1) is 21.4 Å². The maximum absolute atomic E-state index is 11.3. The molecule has 0 amide bonds. The average Bonchev–Trinajstić information content (AvgIpc) is 2.37. The van der Waals surface area contributed by atoms with E-state index in [9.17, 15) is 14.9 Å². The number of benzene rings is 1. The van der Waals surface area contributed by atoms with E-state index in [1.807, 2.05) is 0 Å². The first kappa shape index (κ1) is 14.4. The Kier molecular flexibility index (Phi) is 4.83. The molecule has 1 aromatic carbocycles. The summed E-state index contributed by atoms with van der Waals surface area (Å²) < 4.78 is 9.69. The van der Waals surface area contributed by atoms with E-state index in [0.29, 0.717) is 5.56 Å². The lowest BCUT2D eigenvalue weighted by atomic mass is 10.1. The van der Waals surface area contributed by atoms with Crippen molar-refractivity contribution in [1.82, 2.24) is 0 Å². The van der Waals surface area contributed by atoms with Crippen LogP contribution in [0.5, 0.6) is 5.75 Å². The molecule has 1 rings (SSSR count). The third-order valence-corrected chi connectivity index (χ3v) is 2.32. The van der Waals surface area contributed by atoms with Crippen molar-refractivity contribution in [2.45, 2.75) is 13.3 Å². The van der Waals surface area contributed by atoms with E-state index in [-0.39, 0.29) is 30.0 Å². The molecule has 19 heavy (non-hydrogen) atoms. The summed E-state index contributed by atoms with van der Waals surface area (Å²) in [6.45, 7) is 1.90. The zero-order chi connectivity index (χ0) is 14.4. The van der Waals surface area contributed by atoms with Crippen LogP contribution in [0.2, 0.25) is 0 Å². The molecule has 7 heteroatoms. The van der Waals surface area contributed by atoms with Gasteiger partial charge in [0.15, 0.2) is 5.56 Å². The summed E-state index contributed by atoms with van der Waals surface area (Å²) in [5.41, 5.74) is -0.192. The molecule has 100 valence electrons. The van der Waals surface area contributed by atoms with E-state index < -0.39 is 10.9 Å². The van der Waals surface area contributed by atoms with Crippen molar-refractivity contribution < 1.29 is 19.2 Å². The molecule has 1 aromatic rings. The van der Waals surface area contributed by atoms with Gasteiger partial charge in [-0.25, -0.2) is 0 Å². The third kappa shape index (κ3) is 3.42. The maximum Gasteiger partial charge on any atom is 0.310 e. The predicted octanol–water partition coefficient (Wildman–Crippen LogP) is 1.58. The minimum atomic E-state index is -0.685. The Labute approximate surface area is 109 Å². The van der Waals surface area contributed by atoms with Crippen molar-refractivity contribution in [3.05, 3.63) is 33.4 Å². The topological polar surface area (TPSA) is 102 Å². The number of rotatable bonds is 5. The Morgan fingerprint density at radius 2 is 2.21 bits per heavy atom. The third-order valence-electron chi connectivity index (χ3n) is 2.32. The van der Waals surface area contributed by atoms with Gasteiger partial charge in [0.1, 0.15) is 11.8 Å². The van der Waals surface area contributed by atoms with Crippen LogP contribution in [0.3, 0.4) is 0 Å². The summed E-state index contributed by atoms with van der Waals surface area (Å²) in [7, 11) is 1.30. The van der Waals surface area contributed by atoms with Gasteiger partial charge in [0, 0.05) is 6.07 Å². The number of hydrogen-bond acceptors (Lipinski definition) is 6. The highest BCUT2D eigenvalue weighted by Gasteiger charge is 2.21. The fraction of sp³-hybridized carbons (Fsp3) is 0.333. The molecule has 0 unspecified atom stereocenters. The lowest BCUT2D eigenvalue weighted by Gasteiger charge is -2.07. The van der Waals surface area contributed by atoms with Gasteiger partial charge in [-0.15, -0.1) is 0 Å². The lowest BCUT2D eigenvalue weighted by molar-refractivity contribution is -0.385. The van der Waals surface area contributed by atoms with Gasteiger partial charge in [-0.3, -0.25) is 14.9 Å². The molecule has 0 atom stereocenters. The predicted molar refractivity (Wildman–Crippen MR) is 64.7 cm³/mol. The zero-order valence-electron chi connectivity index (χ0n) is 10.5. The number of carbonyl (C=O) groups is 1. The minimum absolute atomic E-state index is 0.0657. The van der Waals surface area contributed by atoms with Crippen LogP contribution >= 0.6 is 0 Å². The quantitative estimate of drug-likeness (QED) is 0.454. The Morgan fingerprint density at radius 1 is 1.53 bits per heavy atom. The monoisotopic (exact) mass is 264 g/mol. The highest BCUT2D eigenvalue weighted by Crippen LogP contribution is 2.29. The van der Waals surface area contributed by atoms with Crippen LogP contribution in [0.25, 0.3) is 0 Å². The molecular formula is C12H12N2O5. The molecule has 0 aromatic heterocycles. The normalized spacial score (nSPS) is 9.53. The van der Waals surface area contributed by atoms with E-state index in [0.717, 1.165) is 0 Å². The molecule has 0 saturated carbocycles. The second kappa shape index (κ2) is 6.35. The highest BCUT2D eigenvalue weighted by atomic mass is 16.6. The van der Waals surface area contributed by atoms with Crippen LogP contribution in [0.1, 0.15) is 18.1 Å². The van der Waals surface area contributed by atoms with Crippen molar-refractivity contribution in [3.63, 3.8) is 0 Å². The Hall–Kier alpha value is -2.62. The number of hydrogen-bond donors (Lipinski definition) is 0. The summed E-state index contributed by atoms with van der Waals surface area (Å²) in [4.78, 5) is 21.6. The SMILES string of the molecule is CCOC(=O)Cc1cc(OC)c(C#N)c([N+](=O)[O-])c1. The van der Waals surface area contributed by atoms with E-state index in [1.165, 1.54) is 19.2 Å². The van der Waals surface area contributed by atoms with Gasteiger partial charge < -0.3 is 9.47 Å². The van der Waals surface area contributed by atoms with Crippen molar-refractivity contribution in [3.8, 4) is 11.8 Å². The number of nitro groups is 1. The van der Waals surface area contributed by atoms with Crippen LogP contribution < -0.4 is 4.74 Å². The Morgan fingerprint density at radius 3 is 2.68 bits per heavy atom. The van der Waals surface area contributed by atoms with Crippen molar-refractivity contribution >= 4 is 11.7 Å². The van der Waals surface area contributed by atoms with Crippen LogP contribution in [0.15, 0.2) is 12.1 Å². The van der Waals surface area contributed by atoms with Crippen molar-refractivity contribution in [2.24, 2.45) is 0 Å². The van der Waals surface area contributed by atoms with E-state index in [1.54, 1.807) is 13.0 Å². The second-order valence-corrected chi connectivity index (χ2v) is 3.54. The van der Waals surface area contributed by atoms with Crippen LogP contribution in [-0.4, -0.2) is 24.6 Å².